The van der Waals surface area contributed by atoms with Crippen LogP contribution >= 0.6 is 11.6 Å². The highest BCUT2D eigenvalue weighted by molar-refractivity contribution is 6.33. The summed E-state index contributed by atoms with van der Waals surface area (Å²) in [5.74, 6) is -0.384. The van der Waals surface area contributed by atoms with Crippen molar-refractivity contribution in [3.8, 4) is 0 Å². The lowest BCUT2D eigenvalue weighted by molar-refractivity contribution is -0.115. The molecule has 2 N–H and O–H groups in total. The van der Waals surface area contributed by atoms with E-state index in [9.17, 15) is 9.59 Å². The zero-order valence-electron chi connectivity index (χ0n) is 11.6. The highest BCUT2D eigenvalue weighted by atomic mass is 35.5. The minimum Gasteiger partial charge on any atom is -0.345 e. The van der Waals surface area contributed by atoms with Crippen LogP contribution in [0.5, 0.6) is 0 Å². The van der Waals surface area contributed by atoms with E-state index < -0.39 is 0 Å². The fraction of sp³-hybridized carbons (Fsp3) is 0.286. The molecule has 0 aromatic heterocycles. The number of anilines is 1. The molecule has 1 aromatic carbocycles. The normalized spacial score (nSPS) is 9.95. The molecule has 0 saturated heterocycles. The van der Waals surface area contributed by atoms with Gasteiger partial charge < -0.3 is 15.5 Å². The van der Waals surface area contributed by atoms with Crippen LogP contribution < -0.4 is 10.6 Å². The van der Waals surface area contributed by atoms with Crippen LogP contribution in [-0.4, -0.2) is 43.9 Å². The Morgan fingerprint density at radius 1 is 1.40 bits per heavy atom. The zero-order chi connectivity index (χ0) is 15.1. The molecule has 1 rings (SSSR count). The molecule has 0 aliphatic rings. The number of nitrogens with zero attached hydrogens (tertiary/aromatic N) is 1. The van der Waals surface area contributed by atoms with E-state index in [2.05, 4.69) is 17.2 Å². The summed E-state index contributed by atoms with van der Waals surface area (Å²) >= 11 is 6.01. The standard InChI is InChI=1S/C14H18ClN3O2/c1-4-7-16-9-13(19)17-12-8-10(5-6-11(12)15)14(20)18(2)3/h4-6,8,16H,1,7,9H2,2-3H3,(H,17,19). The lowest BCUT2D eigenvalue weighted by Crippen LogP contribution is -2.28. The van der Waals surface area contributed by atoms with E-state index in [0.717, 1.165) is 0 Å². The van der Waals surface area contributed by atoms with Gasteiger partial charge in [-0.1, -0.05) is 17.7 Å². The first-order valence-electron chi connectivity index (χ1n) is 6.08. The van der Waals surface area contributed by atoms with Crippen molar-refractivity contribution in [3.05, 3.63) is 41.4 Å². The maximum Gasteiger partial charge on any atom is 0.253 e. The van der Waals surface area contributed by atoms with Crippen LogP contribution in [0, 0.1) is 0 Å². The third-order valence-electron chi connectivity index (χ3n) is 2.47. The maximum atomic E-state index is 11.9. The van der Waals surface area contributed by atoms with Gasteiger partial charge in [0.1, 0.15) is 0 Å². The number of amides is 2. The predicted octanol–water partition coefficient (Wildman–Crippen LogP) is 1.76. The minimum absolute atomic E-state index is 0.147. The number of benzene rings is 1. The second-order valence-corrected chi connectivity index (χ2v) is 4.77. The Bertz CT molecular complexity index is 515. The molecule has 1 aromatic rings. The molecule has 6 heteroatoms. The molecule has 0 spiro atoms. The monoisotopic (exact) mass is 295 g/mol. The van der Waals surface area contributed by atoms with Gasteiger partial charge in [-0.25, -0.2) is 0 Å². The van der Waals surface area contributed by atoms with Gasteiger partial charge in [-0.3, -0.25) is 9.59 Å². The summed E-state index contributed by atoms with van der Waals surface area (Å²) in [6.07, 6.45) is 1.66. The van der Waals surface area contributed by atoms with Gasteiger partial charge in [0.2, 0.25) is 5.91 Å². The van der Waals surface area contributed by atoms with E-state index in [1.165, 1.54) is 4.90 Å². The van der Waals surface area contributed by atoms with E-state index in [0.29, 0.717) is 22.8 Å². The van der Waals surface area contributed by atoms with Gasteiger partial charge in [-0.15, -0.1) is 6.58 Å². The number of carbonyl (C=O) groups excluding carboxylic acids is 2. The Labute approximate surface area is 123 Å². The largest absolute Gasteiger partial charge is 0.345 e. The number of halogens is 1. The Morgan fingerprint density at radius 2 is 2.10 bits per heavy atom. The Balaban J connectivity index is 2.79. The van der Waals surface area contributed by atoms with Crippen LogP contribution in [0.2, 0.25) is 5.02 Å². The Kier molecular flexibility index (Phi) is 6.21. The number of carbonyl (C=O) groups is 2. The Morgan fingerprint density at radius 3 is 2.70 bits per heavy atom. The highest BCUT2D eigenvalue weighted by Crippen LogP contribution is 2.23. The lowest BCUT2D eigenvalue weighted by atomic mass is 10.2. The fourth-order valence-corrected chi connectivity index (χ4v) is 1.66. The molecule has 0 heterocycles. The second-order valence-electron chi connectivity index (χ2n) is 4.36. The summed E-state index contributed by atoms with van der Waals surface area (Å²) in [7, 11) is 3.32. The molecule has 5 nitrogen and oxygen atoms in total. The van der Waals surface area contributed by atoms with E-state index in [4.69, 9.17) is 11.6 Å². The quantitative estimate of drug-likeness (QED) is 0.621. The predicted molar refractivity (Wildman–Crippen MR) is 81.2 cm³/mol. The van der Waals surface area contributed by atoms with Crippen LogP contribution in [0.4, 0.5) is 5.69 Å². The summed E-state index contributed by atoms with van der Waals surface area (Å²) in [6.45, 7) is 4.23. The van der Waals surface area contributed by atoms with E-state index >= 15 is 0 Å². The third kappa shape index (κ3) is 4.68. The molecular formula is C14H18ClN3O2. The van der Waals surface area contributed by atoms with Crippen molar-refractivity contribution in [1.82, 2.24) is 10.2 Å². The molecule has 0 radical (unpaired) electrons. The maximum absolute atomic E-state index is 11.9. The molecule has 0 saturated carbocycles. The SMILES string of the molecule is C=CCNCC(=O)Nc1cc(C(=O)N(C)C)ccc1Cl. The second kappa shape index (κ2) is 7.67. The van der Waals surface area contributed by atoms with Gasteiger partial charge >= 0.3 is 0 Å². The van der Waals surface area contributed by atoms with Crippen molar-refractivity contribution < 1.29 is 9.59 Å². The van der Waals surface area contributed by atoms with Crippen molar-refractivity contribution in [2.75, 3.05) is 32.5 Å². The van der Waals surface area contributed by atoms with Crippen LogP contribution in [0.1, 0.15) is 10.4 Å². The number of hydrogen-bond donors (Lipinski definition) is 2. The summed E-state index contributed by atoms with van der Waals surface area (Å²) < 4.78 is 0. The number of nitrogens with one attached hydrogen (secondary N) is 2. The van der Waals surface area contributed by atoms with Crippen molar-refractivity contribution in [2.45, 2.75) is 0 Å². The first-order chi connectivity index (χ1) is 9.45. The number of rotatable bonds is 6. The molecule has 20 heavy (non-hydrogen) atoms. The van der Waals surface area contributed by atoms with Crippen molar-refractivity contribution in [1.29, 1.82) is 0 Å². The summed E-state index contributed by atoms with van der Waals surface area (Å²) in [4.78, 5) is 25.0. The van der Waals surface area contributed by atoms with E-state index in [-0.39, 0.29) is 18.4 Å². The van der Waals surface area contributed by atoms with Gasteiger partial charge in [0.25, 0.3) is 5.91 Å². The topological polar surface area (TPSA) is 61.4 Å². The average Bonchev–Trinajstić information content (AvgIpc) is 2.40. The molecule has 0 atom stereocenters. The summed E-state index contributed by atoms with van der Waals surface area (Å²) in [5.41, 5.74) is 0.888. The van der Waals surface area contributed by atoms with E-state index in [1.807, 2.05) is 0 Å². The van der Waals surface area contributed by atoms with Crippen LogP contribution in [0.3, 0.4) is 0 Å². The van der Waals surface area contributed by atoms with Gasteiger partial charge in [-0.2, -0.15) is 0 Å². The van der Waals surface area contributed by atoms with Gasteiger partial charge in [-0.05, 0) is 18.2 Å². The van der Waals surface area contributed by atoms with Crippen LogP contribution in [-0.2, 0) is 4.79 Å². The van der Waals surface area contributed by atoms with Crippen molar-refractivity contribution in [2.24, 2.45) is 0 Å². The molecular weight excluding hydrogens is 278 g/mol. The molecule has 2 amide bonds. The molecule has 0 bridgehead atoms. The summed E-state index contributed by atoms with van der Waals surface area (Å²) in [6, 6.07) is 4.78. The van der Waals surface area contributed by atoms with Crippen molar-refractivity contribution >= 4 is 29.1 Å². The lowest BCUT2D eigenvalue weighted by Gasteiger charge is -2.13. The van der Waals surface area contributed by atoms with Gasteiger partial charge in [0.05, 0.1) is 17.3 Å². The molecule has 108 valence electrons. The number of hydrogen-bond acceptors (Lipinski definition) is 3. The Hall–Kier alpha value is -1.85. The summed E-state index contributed by atoms with van der Waals surface area (Å²) in [5, 5.41) is 5.93. The third-order valence-corrected chi connectivity index (χ3v) is 2.80. The zero-order valence-corrected chi connectivity index (χ0v) is 12.3. The van der Waals surface area contributed by atoms with Crippen LogP contribution in [0.25, 0.3) is 0 Å². The smallest absolute Gasteiger partial charge is 0.253 e. The first kappa shape index (κ1) is 16.2. The molecule has 0 aliphatic carbocycles. The average molecular weight is 296 g/mol. The van der Waals surface area contributed by atoms with E-state index in [1.54, 1.807) is 38.4 Å². The molecule has 0 fully saturated rings. The minimum atomic E-state index is -0.233. The first-order valence-corrected chi connectivity index (χ1v) is 6.46. The van der Waals surface area contributed by atoms with Crippen molar-refractivity contribution in [3.63, 3.8) is 0 Å². The molecule has 0 aliphatic heterocycles. The van der Waals surface area contributed by atoms with Gasteiger partial charge in [0, 0.05) is 26.2 Å². The highest BCUT2D eigenvalue weighted by Gasteiger charge is 2.12. The molecule has 0 unspecified atom stereocenters. The van der Waals surface area contributed by atoms with Crippen LogP contribution in [0.15, 0.2) is 30.9 Å². The van der Waals surface area contributed by atoms with Gasteiger partial charge in [0.15, 0.2) is 0 Å². The fourth-order valence-electron chi connectivity index (χ4n) is 1.49.